The first-order valence-corrected chi connectivity index (χ1v) is 7.27. The minimum atomic E-state index is 0.147. The van der Waals surface area contributed by atoms with Gasteiger partial charge in [-0.05, 0) is 32.4 Å². The highest BCUT2D eigenvalue weighted by Gasteiger charge is 2.29. The van der Waals surface area contributed by atoms with Gasteiger partial charge in [0.05, 0.1) is 25.2 Å². The van der Waals surface area contributed by atoms with Crippen LogP contribution >= 0.6 is 0 Å². The van der Waals surface area contributed by atoms with E-state index in [2.05, 4.69) is 11.0 Å². The second-order valence-corrected chi connectivity index (χ2v) is 5.34. The van der Waals surface area contributed by atoms with E-state index in [0.29, 0.717) is 25.5 Å². The lowest BCUT2D eigenvalue weighted by molar-refractivity contribution is -0.141. The maximum absolute atomic E-state index is 12.4. The molecule has 2 aliphatic heterocycles. The summed E-state index contributed by atoms with van der Waals surface area (Å²) in [6, 6.07) is 2.18. The van der Waals surface area contributed by atoms with Crippen molar-refractivity contribution < 1.29 is 9.53 Å². The number of nitriles is 1. The first-order valence-electron chi connectivity index (χ1n) is 7.27. The van der Waals surface area contributed by atoms with Gasteiger partial charge in [-0.1, -0.05) is 0 Å². The summed E-state index contributed by atoms with van der Waals surface area (Å²) in [4.78, 5) is 16.7. The fourth-order valence-electron chi connectivity index (χ4n) is 2.88. The predicted octanol–water partition coefficient (Wildman–Crippen LogP) is 0.861. The van der Waals surface area contributed by atoms with Crippen LogP contribution in [0.5, 0.6) is 0 Å². The summed E-state index contributed by atoms with van der Waals surface area (Å²) in [6.45, 7) is 5.70. The second kappa shape index (κ2) is 7.46. The lowest BCUT2D eigenvalue weighted by Crippen LogP contribution is -2.48. The summed E-state index contributed by atoms with van der Waals surface area (Å²) >= 11 is 0. The Balaban J connectivity index is 1.79. The molecule has 1 amide bonds. The number of hydrogen-bond donors (Lipinski definition) is 0. The van der Waals surface area contributed by atoms with E-state index in [4.69, 9.17) is 10.00 Å². The Morgan fingerprint density at radius 1 is 1.32 bits per heavy atom. The molecule has 1 unspecified atom stereocenters. The third-order valence-corrected chi connectivity index (χ3v) is 3.94. The van der Waals surface area contributed by atoms with Crippen LogP contribution in [0.2, 0.25) is 0 Å². The van der Waals surface area contributed by atoms with Crippen LogP contribution in [0.15, 0.2) is 0 Å². The SMILES string of the molecule is N#CCCCN1CCCC(C(=O)N2CCOCC2)C1. The Morgan fingerprint density at radius 3 is 2.84 bits per heavy atom. The molecule has 2 fully saturated rings. The highest BCUT2D eigenvalue weighted by molar-refractivity contribution is 5.79. The Bertz CT molecular complexity index is 334. The molecule has 5 heteroatoms. The van der Waals surface area contributed by atoms with Gasteiger partial charge in [-0.3, -0.25) is 4.79 Å². The molecule has 2 heterocycles. The minimum Gasteiger partial charge on any atom is -0.378 e. The number of likely N-dealkylation sites (tertiary alicyclic amines) is 1. The van der Waals surface area contributed by atoms with Crippen molar-refractivity contribution in [2.24, 2.45) is 5.92 Å². The van der Waals surface area contributed by atoms with Gasteiger partial charge in [0.1, 0.15) is 0 Å². The molecule has 0 aromatic carbocycles. The minimum absolute atomic E-state index is 0.147. The van der Waals surface area contributed by atoms with Gasteiger partial charge in [0.15, 0.2) is 0 Å². The van der Waals surface area contributed by atoms with Crippen molar-refractivity contribution in [1.82, 2.24) is 9.80 Å². The largest absolute Gasteiger partial charge is 0.378 e. The normalized spacial score (nSPS) is 25.0. The molecular formula is C14H23N3O2. The summed E-state index contributed by atoms with van der Waals surface area (Å²) < 4.78 is 5.29. The summed E-state index contributed by atoms with van der Waals surface area (Å²) in [5.41, 5.74) is 0. The third-order valence-electron chi connectivity index (χ3n) is 3.94. The van der Waals surface area contributed by atoms with Gasteiger partial charge < -0.3 is 14.5 Å². The quantitative estimate of drug-likeness (QED) is 0.708. The van der Waals surface area contributed by atoms with Crippen molar-refractivity contribution >= 4 is 5.91 Å². The monoisotopic (exact) mass is 265 g/mol. The molecule has 2 rings (SSSR count). The van der Waals surface area contributed by atoms with E-state index in [1.165, 1.54) is 0 Å². The zero-order valence-electron chi connectivity index (χ0n) is 11.5. The number of carbonyl (C=O) groups excluding carboxylic acids is 1. The molecule has 0 aliphatic carbocycles. The molecule has 0 bridgehead atoms. The van der Waals surface area contributed by atoms with Gasteiger partial charge in [0.25, 0.3) is 0 Å². The van der Waals surface area contributed by atoms with E-state index in [1.807, 2.05) is 4.90 Å². The highest BCUT2D eigenvalue weighted by Crippen LogP contribution is 2.19. The number of hydrogen-bond acceptors (Lipinski definition) is 4. The fraction of sp³-hybridized carbons (Fsp3) is 0.857. The lowest BCUT2D eigenvalue weighted by atomic mass is 9.96. The Morgan fingerprint density at radius 2 is 2.11 bits per heavy atom. The first kappa shape index (κ1) is 14.3. The number of ether oxygens (including phenoxy) is 1. The molecule has 0 saturated carbocycles. The molecule has 106 valence electrons. The molecular weight excluding hydrogens is 242 g/mol. The Kier molecular flexibility index (Phi) is 5.62. The number of carbonyl (C=O) groups is 1. The molecule has 0 radical (unpaired) electrons. The molecule has 0 aromatic rings. The van der Waals surface area contributed by atoms with Crippen molar-refractivity contribution in [2.75, 3.05) is 45.9 Å². The molecule has 1 atom stereocenters. The fourth-order valence-corrected chi connectivity index (χ4v) is 2.88. The highest BCUT2D eigenvalue weighted by atomic mass is 16.5. The van der Waals surface area contributed by atoms with E-state index >= 15 is 0 Å². The molecule has 0 spiro atoms. The van der Waals surface area contributed by atoms with E-state index in [-0.39, 0.29) is 5.92 Å². The summed E-state index contributed by atoms with van der Waals surface area (Å²) in [7, 11) is 0. The van der Waals surface area contributed by atoms with Crippen molar-refractivity contribution in [3.8, 4) is 6.07 Å². The van der Waals surface area contributed by atoms with E-state index in [9.17, 15) is 4.79 Å². The third kappa shape index (κ3) is 4.19. The predicted molar refractivity (Wildman–Crippen MR) is 71.4 cm³/mol. The lowest BCUT2D eigenvalue weighted by Gasteiger charge is -2.36. The Hall–Kier alpha value is -1.12. The number of nitrogens with zero attached hydrogens (tertiary/aromatic N) is 3. The topological polar surface area (TPSA) is 56.6 Å². The zero-order valence-corrected chi connectivity index (χ0v) is 11.5. The van der Waals surface area contributed by atoms with Crippen LogP contribution in [0, 0.1) is 17.2 Å². The smallest absolute Gasteiger partial charge is 0.227 e. The van der Waals surface area contributed by atoms with Crippen molar-refractivity contribution in [3.63, 3.8) is 0 Å². The van der Waals surface area contributed by atoms with Crippen LogP contribution in [0.3, 0.4) is 0 Å². The maximum atomic E-state index is 12.4. The van der Waals surface area contributed by atoms with Gasteiger partial charge in [-0.25, -0.2) is 0 Å². The van der Waals surface area contributed by atoms with Gasteiger partial charge >= 0.3 is 0 Å². The maximum Gasteiger partial charge on any atom is 0.227 e. The standard InChI is InChI=1S/C14H23N3O2/c15-5-1-2-6-16-7-3-4-13(12-16)14(18)17-8-10-19-11-9-17/h13H,1-4,6-12H2. The van der Waals surface area contributed by atoms with Gasteiger partial charge in [0, 0.05) is 26.1 Å². The van der Waals surface area contributed by atoms with Crippen LogP contribution < -0.4 is 0 Å². The van der Waals surface area contributed by atoms with Crippen molar-refractivity contribution in [2.45, 2.75) is 25.7 Å². The Labute approximate surface area is 115 Å². The number of amides is 1. The van der Waals surface area contributed by atoms with E-state index < -0.39 is 0 Å². The van der Waals surface area contributed by atoms with Gasteiger partial charge in [0.2, 0.25) is 5.91 Å². The van der Waals surface area contributed by atoms with Crippen LogP contribution in [0.1, 0.15) is 25.7 Å². The molecule has 2 aliphatic rings. The average molecular weight is 265 g/mol. The molecule has 2 saturated heterocycles. The number of piperidine rings is 1. The second-order valence-electron chi connectivity index (χ2n) is 5.34. The van der Waals surface area contributed by atoms with Gasteiger partial charge in [-0.15, -0.1) is 0 Å². The molecule has 5 nitrogen and oxygen atoms in total. The summed E-state index contributed by atoms with van der Waals surface area (Å²) in [5.74, 6) is 0.446. The molecule has 0 aromatic heterocycles. The van der Waals surface area contributed by atoms with Crippen LogP contribution in [-0.2, 0) is 9.53 Å². The summed E-state index contributed by atoms with van der Waals surface area (Å²) in [6.07, 6.45) is 3.62. The van der Waals surface area contributed by atoms with Crippen LogP contribution in [0.4, 0.5) is 0 Å². The average Bonchev–Trinajstić information content (AvgIpc) is 2.48. The molecule has 19 heavy (non-hydrogen) atoms. The van der Waals surface area contributed by atoms with Crippen LogP contribution in [0.25, 0.3) is 0 Å². The van der Waals surface area contributed by atoms with E-state index in [1.54, 1.807) is 0 Å². The zero-order chi connectivity index (χ0) is 13.5. The van der Waals surface area contributed by atoms with Gasteiger partial charge in [-0.2, -0.15) is 5.26 Å². The number of unbranched alkanes of at least 4 members (excludes halogenated alkanes) is 1. The first-order chi connectivity index (χ1) is 9.31. The van der Waals surface area contributed by atoms with Crippen LogP contribution in [-0.4, -0.2) is 61.6 Å². The van der Waals surface area contributed by atoms with E-state index in [0.717, 1.165) is 52.0 Å². The van der Waals surface area contributed by atoms with Crippen molar-refractivity contribution in [1.29, 1.82) is 5.26 Å². The van der Waals surface area contributed by atoms with Crippen molar-refractivity contribution in [3.05, 3.63) is 0 Å². The number of morpholine rings is 1. The number of rotatable bonds is 4. The molecule has 0 N–H and O–H groups in total. The summed E-state index contributed by atoms with van der Waals surface area (Å²) in [5, 5.41) is 8.56.